The highest BCUT2D eigenvalue weighted by Crippen LogP contribution is 2.04. The molecule has 0 fully saturated rings. The van der Waals surface area contributed by atoms with Crippen molar-refractivity contribution in [2.45, 2.75) is 13.8 Å². The first-order chi connectivity index (χ1) is 5.65. The van der Waals surface area contributed by atoms with Gasteiger partial charge >= 0.3 is 0 Å². The Balaban J connectivity index is 3.01. The van der Waals surface area contributed by atoms with E-state index in [1.165, 1.54) is 16.3 Å². The molecule has 1 rings (SSSR count). The van der Waals surface area contributed by atoms with Crippen LogP contribution in [0.2, 0.25) is 0 Å². The highest BCUT2D eigenvalue weighted by molar-refractivity contribution is 7.16. The molecule has 0 aliphatic heterocycles. The van der Waals surface area contributed by atoms with Gasteiger partial charge in [-0.25, -0.2) is 0 Å². The van der Waals surface area contributed by atoms with Crippen LogP contribution < -0.4 is 5.19 Å². The molecule has 0 bridgehead atoms. The fourth-order valence-electron chi connectivity index (χ4n) is 1.26. The Morgan fingerprint density at radius 3 is 2.50 bits per heavy atom. The van der Waals surface area contributed by atoms with Crippen LogP contribution in [0.15, 0.2) is 18.2 Å². The third-order valence-corrected chi connectivity index (χ3v) is 6.06. The molecule has 0 spiro atoms. The van der Waals surface area contributed by atoms with E-state index in [9.17, 15) is 0 Å². The summed E-state index contributed by atoms with van der Waals surface area (Å²) in [5.41, 5.74) is 3.16. The number of hydrogen-bond acceptors (Lipinski definition) is 0. The van der Waals surface area contributed by atoms with Crippen LogP contribution in [0.4, 0.5) is 0 Å². The molecule has 1 atom stereocenters. The molecule has 0 aromatic heterocycles. The third-order valence-electron chi connectivity index (χ3n) is 1.90. The maximum atomic E-state index is 6.16. The number of hydrogen-bond donors (Lipinski definition) is 0. The fourth-order valence-corrected chi connectivity index (χ4v) is 3.54. The van der Waals surface area contributed by atoms with E-state index in [1.807, 2.05) is 0 Å². The van der Waals surface area contributed by atoms with E-state index in [0.717, 1.165) is 0 Å². The second kappa shape index (κ2) is 4.31. The van der Waals surface area contributed by atoms with Crippen molar-refractivity contribution in [3.8, 4) is 0 Å². The van der Waals surface area contributed by atoms with E-state index >= 15 is 0 Å². The van der Waals surface area contributed by atoms with E-state index in [2.05, 4.69) is 32.0 Å². The van der Waals surface area contributed by atoms with Gasteiger partial charge in [-0.15, -0.1) is 11.6 Å². The van der Waals surface area contributed by atoms with Crippen LogP contribution in [0.3, 0.4) is 0 Å². The Hall–Kier alpha value is 0.0169. The Morgan fingerprint density at radius 1 is 1.33 bits per heavy atom. The number of benzene rings is 1. The topological polar surface area (TPSA) is 0 Å². The maximum Gasteiger partial charge on any atom is 0.186 e. The van der Waals surface area contributed by atoms with Crippen molar-refractivity contribution in [2.24, 2.45) is 0 Å². The Morgan fingerprint density at radius 2 is 2.00 bits per heavy atom. The fraction of sp³-hybridized carbons (Fsp3) is 0.333. The van der Waals surface area contributed by atoms with Crippen LogP contribution in [0.5, 0.6) is 0 Å². The SMILES string of the molecule is Cc1ccc([SiH](Cl)CCl)c(C)c1. The molecule has 1 aromatic rings. The number of alkyl halides is 1. The monoisotopic (exact) mass is 218 g/mol. The molecule has 0 amide bonds. The summed E-state index contributed by atoms with van der Waals surface area (Å²) >= 11 is 11.9. The van der Waals surface area contributed by atoms with Crippen molar-refractivity contribution in [3.63, 3.8) is 0 Å². The van der Waals surface area contributed by atoms with Gasteiger partial charge in [0.15, 0.2) is 8.11 Å². The van der Waals surface area contributed by atoms with Gasteiger partial charge in [-0.2, -0.15) is 11.1 Å². The Labute approximate surface area is 84.8 Å². The number of aryl methyl sites for hydroxylation is 2. The largest absolute Gasteiger partial charge is 0.186 e. The molecule has 0 heterocycles. The van der Waals surface area contributed by atoms with Gasteiger partial charge in [-0.1, -0.05) is 29.3 Å². The molecule has 0 nitrogen and oxygen atoms in total. The van der Waals surface area contributed by atoms with Gasteiger partial charge in [-0.3, -0.25) is 0 Å². The van der Waals surface area contributed by atoms with Crippen LogP contribution in [0.1, 0.15) is 11.1 Å². The van der Waals surface area contributed by atoms with Gasteiger partial charge in [0.05, 0.1) is 0 Å². The molecule has 3 heteroatoms. The standard InChI is InChI=1S/C9H12Cl2Si/c1-7-3-4-9(8(2)5-7)12(11)6-10/h3-5,12H,6H2,1-2H3. The van der Waals surface area contributed by atoms with Gasteiger partial charge < -0.3 is 0 Å². The zero-order chi connectivity index (χ0) is 9.14. The van der Waals surface area contributed by atoms with E-state index in [-0.39, 0.29) is 0 Å². The number of halogens is 2. The van der Waals surface area contributed by atoms with Crippen molar-refractivity contribution >= 4 is 36.0 Å². The third kappa shape index (κ3) is 2.25. The molecule has 0 N–H and O–H groups in total. The average Bonchev–Trinajstić information content (AvgIpc) is 2.03. The van der Waals surface area contributed by atoms with E-state index in [1.54, 1.807) is 0 Å². The summed E-state index contributed by atoms with van der Waals surface area (Å²) in [6, 6.07) is 6.36. The normalized spacial score (nSPS) is 13.0. The van der Waals surface area contributed by atoms with Crippen LogP contribution in [-0.4, -0.2) is 13.6 Å². The molecule has 0 aliphatic rings. The van der Waals surface area contributed by atoms with Gasteiger partial charge in [0.1, 0.15) is 0 Å². The Bertz CT molecular complexity index is 273. The minimum absolute atomic E-state index is 0.603. The molecule has 66 valence electrons. The van der Waals surface area contributed by atoms with Crippen LogP contribution in [-0.2, 0) is 0 Å². The molecular formula is C9H12Cl2Si. The van der Waals surface area contributed by atoms with E-state index in [4.69, 9.17) is 22.7 Å². The number of rotatable bonds is 2. The van der Waals surface area contributed by atoms with Crippen molar-refractivity contribution in [2.75, 3.05) is 5.50 Å². The lowest BCUT2D eigenvalue weighted by atomic mass is 10.2. The molecular weight excluding hydrogens is 207 g/mol. The van der Waals surface area contributed by atoms with Crippen LogP contribution in [0.25, 0.3) is 0 Å². The quantitative estimate of drug-likeness (QED) is 0.406. The van der Waals surface area contributed by atoms with Crippen molar-refractivity contribution in [1.82, 2.24) is 0 Å². The van der Waals surface area contributed by atoms with Gasteiger partial charge in [0.25, 0.3) is 0 Å². The summed E-state index contributed by atoms with van der Waals surface area (Å²) in [6.07, 6.45) is 0. The summed E-state index contributed by atoms with van der Waals surface area (Å²) in [6.45, 7) is 4.18. The predicted molar refractivity (Wildman–Crippen MR) is 59.3 cm³/mol. The minimum atomic E-state index is -1.36. The predicted octanol–water partition coefficient (Wildman–Crippen LogP) is 2.25. The zero-order valence-electron chi connectivity index (χ0n) is 7.27. The average molecular weight is 219 g/mol. The first kappa shape index (κ1) is 10.1. The smallest absolute Gasteiger partial charge is 0.164 e. The van der Waals surface area contributed by atoms with Crippen molar-refractivity contribution in [3.05, 3.63) is 29.3 Å². The van der Waals surface area contributed by atoms with Gasteiger partial charge in [0.2, 0.25) is 0 Å². The molecule has 0 aliphatic carbocycles. The lowest BCUT2D eigenvalue weighted by Crippen LogP contribution is -2.28. The lowest BCUT2D eigenvalue weighted by Gasteiger charge is -2.08. The summed E-state index contributed by atoms with van der Waals surface area (Å²) in [5, 5.41) is 1.28. The van der Waals surface area contributed by atoms with Crippen molar-refractivity contribution in [1.29, 1.82) is 0 Å². The second-order valence-corrected chi connectivity index (χ2v) is 7.35. The minimum Gasteiger partial charge on any atom is -0.164 e. The Kier molecular flexibility index (Phi) is 3.63. The van der Waals surface area contributed by atoms with Crippen molar-refractivity contribution < 1.29 is 0 Å². The van der Waals surface area contributed by atoms with E-state index in [0.29, 0.717) is 5.50 Å². The summed E-state index contributed by atoms with van der Waals surface area (Å²) in [5.74, 6) is 0. The first-order valence-corrected chi connectivity index (χ1v) is 7.59. The molecule has 0 saturated carbocycles. The van der Waals surface area contributed by atoms with E-state index < -0.39 is 8.11 Å². The second-order valence-electron chi connectivity index (χ2n) is 2.98. The molecule has 0 radical (unpaired) electrons. The first-order valence-electron chi connectivity index (χ1n) is 3.92. The van der Waals surface area contributed by atoms with Crippen LogP contribution >= 0.6 is 22.7 Å². The summed E-state index contributed by atoms with van der Waals surface area (Å²) < 4.78 is 0. The summed E-state index contributed by atoms with van der Waals surface area (Å²) in [7, 11) is -1.36. The maximum absolute atomic E-state index is 6.16. The van der Waals surface area contributed by atoms with Crippen LogP contribution in [0, 0.1) is 13.8 Å². The lowest BCUT2D eigenvalue weighted by molar-refractivity contribution is 1.41. The molecule has 1 unspecified atom stereocenters. The zero-order valence-corrected chi connectivity index (χ0v) is 9.94. The molecule has 1 aromatic carbocycles. The molecule has 12 heavy (non-hydrogen) atoms. The molecule has 0 saturated heterocycles. The van der Waals surface area contributed by atoms with Gasteiger partial charge in [0, 0.05) is 5.50 Å². The highest BCUT2D eigenvalue weighted by Gasteiger charge is 2.10. The summed E-state index contributed by atoms with van der Waals surface area (Å²) in [4.78, 5) is 0. The highest BCUT2D eigenvalue weighted by atomic mass is 35.6. The van der Waals surface area contributed by atoms with Gasteiger partial charge in [-0.05, 0) is 19.0 Å².